The lowest BCUT2D eigenvalue weighted by atomic mass is 9.67. The van der Waals surface area contributed by atoms with Crippen LogP contribution in [0.1, 0.15) is 61.6 Å². The Kier molecular flexibility index (Phi) is 9.97. The molecule has 0 unspecified atom stereocenters. The fourth-order valence-corrected chi connectivity index (χ4v) is 9.18. The minimum Gasteiger partial charge on any atom is -0.349 e. The summed E-state index contributed by atoms with van der Waals surface area (Å²) in [4.78, 5) is 12.6. The van der Waals surface area contributed by atoms with Crippen molar-refractivity contribution in [3.63, 3.8) is 0 Å². The third-order valence-corrected chi connectivity index (χ3v) is 12.1. The number of carbonyl (C=O) groups excluding carboxylic acids is 1. The van der Waals surface area contributed by atoms with Crippen LogP contribution in [0.25, 0.3) is 0 Å². The largest absolute Gasteiger partial charge is 0.430 e. The Morgan fingerprint density at radius 2 is 1.30 bits per heavy atom. The number of benzene rings is 3. The molecule has 0 radical (unpaired) electrons. The van der Waals surface area contributed by atoms with Crippen molar-refractivity contribution >= 4 is 15.6 Å². The predicted octanol–water partition coefficient (Wildman–Crippen LogP) is 9.50. The third-order valence-electron chi connectivity index (χ3n) is 9.65. The van der Waals surface area contributed by atoms with Gasteiger partial charge in [0.25, 0.3) is 5.60 Å². The summed E-state index contributed by atoms with van der Waals surface area (Å²) in [5.41, 5.74) is -8.11. The van der Waals surface area contributed by atoms with E-state index in [0.717, 1.165) is 42.5 Å². The molecule has 2 aliphatic rings. The highest BCUT2D eigenvalue weighted by Gasteiger charge is 2.73. The van der Waals surface area contributed by atoms with Crippen molar-refractivity contribution in [1.82, 2.24) is 0 Å². The zero-order chi connectivity index (χ0) is 36.9. The Morgan fingerprint density at radius 1 is 0.780 bits per heavy atom. The van der Waals surface area contributed by atoms with Gasteiger partial charge in [0.1, 0.15) is 28.0 Å². The van der Waals surface area contributed by atoms with Gasteiger partial charge in [-0.2, -0.15) is 26.3 Å². The Labute approximate surface area is 279 Å². The molecular formula is C34H29F11O4S. The smallest absolute Gasteiger partial charge is 0.349 e. The van der Waals surface area contributed by atoms with Gasteiger partial charge < -0.3 is 4.74 Å². The Hall–Kier alpha value is -3.53. The van der Waals surface area contributed by atoms with Gasteiger partial charge in [-0.3, -0.25) is 4.79 Å². The fourth-order valence-electron chi connectivity index (χ4n) is 6.87. The molecule has 0 aliphatic heterocycles. The second-order valence-electron chi connectivity index (χ2n) is 12.8. The third kappa shape index (κ3) is 6.76. The van der Waals surface area contributed by atoms with Gasteiger partial charge in [0.15, 0.2) is 9.84 Å². The number of halogens is 11. The normalized spacial score (nSPS) is 21.9. The number of sulfone groups is 1. The molecule has 2 aliphatic carbocycles. The molecule has 3 aromatic rings. The van der Waals surface area contributed by atoms with Crippen LogP contribution in [0, 0.1) is 29.3 Å². The lowest BCUT2D eigenvalue weighted by Crippen LogP contribution is -2.56. The highest BCUT2D eigenvalue weighted by atomic mass is 32.2. The van der Waals surface area contributed by atoms with E-state index < -0.39 is 103 Å². The molecule has 0 amide bonds. The number of ether oxygens (including phenoxy) is 1. The van der Waals surface area contributed by atoms with E-state index in [1.807, 2.05) is 0 Å². The van der Waals surface area contributed by atoms with Crippen LogP contribution in [-0.2, 0) is 36.3 Å². The van der Waals surface area contributed by atoms with Crippen molar-refractivity contribution < 1.29 is 66.2 Å². The highest BCUT2D eigenvalue weighted by Crippen LogP contribution is 2.57. The van der Waals surface area contributed by atoms with Gasteiger partial charge in [-0.25, -0.2) is 30.4 Å². The van der Waals surface area contributed by atoms with Crippen LogP contribution in [-0.4, -0.2) is 32.5 Å². The van der Waals surface area contributed by atoms with Gasteiger partial charge in [0, 0.05) is 36.3 Å². The van der Waals surface area contributed by atoms with E-state index in [-0.39, 0.29) is 43.5 Å². The summed E-state index contributed by atoms with van der Waals surface area (Å²) in [5, 5.41) is 0. The Bertz CT molecular complexity index is 1770. The second kappa shape index (κ2) is 13.2. The van der Waals surface area contributed by atoms with E-state index in [4.69, 9.17) is 0 Å². The second-order valence-corrected chi connectivity index (χ2v) is 15.0. The van der Waals surface area contributed by atoms with Crippen LogP contribution in [0.3, 0.4) is 0 Å². The van der Waals surface area contributed by atoms with Gasteiger partial charge in [0.05, 0.1) is 11.5 Å². The molecule has 0 atom stereocenters. The maximum Gasteiger partial charge on any atom is 0.430 e. The van der Waals surface area contributed by atoms with E-state index in [9.17, 15) is 61.5 Å². The summed E-state index contributed by atoms with van der Waals surface area (Å²) in [6.45, 7) is -1.78. The number of rotatable bonds is 10. The van der Waals surface area contributed by atoms with Crippen LogP contribution in [0.5, 0.6) is 0 Å². The van der Waals surface area contributed by atoms with Crippen molar-refractivity contribution in [2.75, 3.05) is 0 Å². The molecule has 5 rings (SSSR count). The van der Waals surface area contributed by atoms with Gasteiger partial charge in [0.2, 0.25) is 5.92 Å². The molecule has 272 valence electrons. The molecule has 0 bridgehead atoms. The summed E-state index contributed by atoms with van der Waals surface area (Å²) in [7, 11) is -4.54. The average Bonchev–Trinajstić information content (AvgIpc) is 2.99. The molecule has 3 aromatic carbocycles. The minimum atomic E-state index is -6.24. The lowest BCUT2D eigenvalue weighted by Gasteiger charge is -2.47. The monoisotopic (exact) mass is 742 g/mol. The number of carbonyl (C=O) groups is 1. The SMILES string of the molecule is O=C(CC1CC(c2ccc(C(OCc3c(F)cccc3F)(C(F)(F)F)C(F)(F)F)cc2)(S(=O)(=O)c2ccc(F)cc2)C1)C1CCC(F)(F)CC1. The first kappa shape index (κ1) is 37.7. The maximum atomic E-state index is 14.5. The van der Waals surface area contributed by atoms with Crippen molar-refractivity contribution in [2.24, 2.45) is 11.8 Å². The molecule has 0 heterocycles. The molecule has 2 fully saturated rings. The van der Waals surface area contributed by atoms with Crippen LogP contribution in [0.4, 0.5) is 48.3 Å². The number of alkyl halides is 8. The van der Waals surface area contributed by atoms with E-state index in [0.29, 0.717) is 24.3 Å². The van der Waals surface area contributed by atoms with Gasteiger partial charge in [-0.15, -0.1) is 0 Å². The maximum absolute atomic E-state index is 14.5. The summed E-state index contributed by atoms with van der Waals surface area (Å²) in [6, 6.07) is 7.84. The fraction of sp³-hybridized carbons (Fsp3) is 0.441. The predicted molar refractivity (Wildman–Crippen MR) is 156 cm³/mol. The van der Waals surface area contributed by atoms with E-state index in [2.05, 4.69) is 4.74 Å². The molecule has 0 N–H and O–H groups in total. The molecule has 0 saturated heterocycles. The van der Waals surface area contributed by atoms with E-state index in [1.165, 1.54) is 0 Å². The molecule has 50 heavy (non-hydrogen) atoms. The van der Waals surface area contributed by atoms with E-state index >= 15 is 0 Å². The van der Waals surface area contributed by atoms with Gasteiger partial charge in [-0.05, 0) is 73.6 Å². The zero-order valence-corrected chi connectivity index (χ0v) is 26.7. The lowest BCUT2D eigenvalue weighted by molar-refractivity contribution is -0.392. The first-order valence-electron chi connectivity index (χ1n) is 15.4. The average molecular weight is 743 g/mol. The molecule has 0 spiro atoms. The quantitative estimate of drug-likeness (QED) is 0.154. The van der Waals surface area contributed by atoms with Crippen molar-refractivity contribution in [3.8, 4) is 0 Å². The number of hydrogen-bond acceptors (Lipinski definition) is 4. The summed E-state index contributed by atoms with van der Waals surface area (Å²) in [5.74, 6) is -8.26. The Balaban J connectivity index is 1.51. The van der Waals surface area contributed by atoms with Crippen molar-refractivity contribution in [2.45, 2.75) is 85.1 Å². The zero-order valence-electron chi connectivity index (χ0n) is 25.9. The van der Waals surface area contributed by atoms with Crippen molar-refractivity contribution in [3.05, 3.63) is 101 Å². The summed E-state index contributed by atoms with van der Waals surface area (Å²) in [6.07, 6.45) is -14.4. The number of hydrogen-bond donors (Lipinski definition) is 0. The number of ketones is 1. The first-order valence-corrected chi connectivity index (χ1v) is 16.8. The van der Waals surface area contributed by atoms with Crippen LogP contribution < -0.4 is 0 Å². The Morgan fingerprint density at radius 3 is 1.80 bits per heavy atom. The molecular weight excluding hydrogens is 713 g/mol. The van der Waals surface area contributed by atoms with Crippen LogP contribution >= 0.6 is 0 Å². The van der Waals surface area contributed by atoms with Crippen molar-refractivity contribution in [1.29, 1.82) is 0 Å². The standard InChI is InChI=1S/C34H29F11O4S/c35-24-8-10-25(11-9-24)50(47,48)30(17-20(18-30)16-29(46)21-12-14-31(38,39)15-13-21)22-4-6-23(7-5-22)32(33(40,41)42,34(43,44)45)49-19-26-27(36)2-1-3-28(26)37/h1-11,20-21H,12-19H2. The van der Waals surface area contributed by atoms with Crippen LogP contribution in [0.2, 0.25) is 0 Å². The van der Waals surface area contributed by atoms with Crippen LogP contribution in [0.15, 0.2) is 71.6 Å². The van der Waals surface area contributed by atoms with Gasteiger partial charge in [-0.1, -0.05) is 30.3 Å². The minimum absolute atomic E-state index is 0.0647. The van der Waals surface area contributed by atoms with Gasteiger partial charge >= 0.3 is 12.4 Å². The molecule has 4 nitrogen and oxygen atoms in total. The highest BCUT2D eigenvalue weighted by molar-refractivity contribution is 7.92. The number of Topliss-reactive ketones (excluding diaryl/α,β-unsaturated/α-hetero) is 1. The summed E-state index contributed by atoms with van der Waals surface area (Å²) >= 11 is 0. The molecule has 2 saturated carbocycles. The molecule has 16 heteroatoms. The van der Waals surface area contributed by atoms with E-state index in [1.54, 1.807) is 0 Å². The summed E-state index contributed by atoms with van der Waals surface area (Å²) < 4.78 is 186. The molecule has 0 aromatic heterocycles. The topological polar surface area (TPSA) is 60.4 Å². The first-order chi connectivity index (χ1) is 23.1.